The van der Waals surface area contributed by atoms with Gasteiger partial charge in [0.2, 0.25) is 5.91 Å². The lowest BCUT2D eigenvalue weighted by atomic mass is 10.2. The number of furan rings is 1. The number of anilines is 2. The zero-order valence-corrected chi connectivity index (χ0v) is 17.3. The molecule has 0 atom stereocenters. The van der Waals surface area contributed by atoms with E-state index in [1.54, 1.807) is 48.5 Å². The largest absolute Gasteiger partial charge is 0.451 e. The number of rotatable bonds is 4. The molecule has 0 saturated carbocycles. The van der Waals surface area contributed by atoms with Crippen LogP contribution in [-0.4, -0.2) is 16.8 Å². The highest BCUT2D eigenvalue weighted by Crippen LogP contribution is 2.34. The third-order valence-electron chi connectivity index (χ3n) is 3.98. The molecule has 9 heteroatoms. The average Bonchev–Trinajstić information content (AvgIpc) is 3.30. The second-order valence-electron chi connectivity index (χ2n) is 6.10. The number of hydrogen-bond donors (Lipinski definition) is 2. The fourth-order valence-corrected chi connectivity index (χ4v) is 4.01. The fraction of sp³-hybridized carbons (Fsp3) is 0.0500. The van der Waals surface area contributed by atoms with Crippen LogP contribution in [0.3, 0.4) is 0 Å². The summed E-state index contributed by atoms with van der Waals surface area (Å²) < 4.78 is 6.48. The van der Waals surface area contributed by atoms with E-state index in [0.29, 0.717) is 37.7 Å². The Morgan fingerprint density at radius 3 is 2.69 bits per heavy atom. The van der Waals surface area contributed by atoms with E-state index in [9.17, 15) is 9.59 Å². The van der Waals surface area contributed by atoms with Crippen molar-refractivity contribution in [2.24, 2.45) is 0 Å². The number of nitrogens with zero attached hydrogens (tertiary/aromatic N) is 1. The maximum absolute atomic E-state index is 12.5. The van der Waals surface area contributed by atoms with Crippen molar-refractivity contribution in [1.82, 2.24) is 4.98 Å². The smallest absolute Gasteiger partial charge is 0.293 e. The van der Waals surface area contributed by atoms with Crippen molar-refractivity contribution in [3.8, 4) is 11.3 Å². The lowest BCUT2D eigenvalue weighted by molar-refractivity contribution is -0.114. The van der Waals surface area contributed by atoms with Crippen LogP contribution in [0.15, 0.2) is 52.9 Å². The zero-order chi connectivity index (χ0) is 20.5. The number of halogens is 2. The molecule has 0 unspecified atom stereocenters. The van der Waals surface area contributed by atoms with E-state index in [-0.39, 0.29) is 11.7 Å². The van der Waals surface area contributed by atoms with Gasteiger partial charge in [-0.05, 0) is 42.5 Å². The van der Waals surface area contributed by atoms with Gasteiger partial charge in [0.1, 0.15) is 5.76 Å². The minimum Gasteiger partial charge on any atom is -0.451 e. The molecule has 0 spiro atoms. The van der Waals surface area contributed by atoms with Gasteiger partial charge in [0.15, 0.2) is 10.9 Å². The molecule has 2 aromatic carbocycles. The maximum atomic E-state index is 12.5. The van der Waals surface area contributed by atoms with Gasteiger partial charge in [0.25, 0.3) is 5.91 Å². The first-order valence-electron chi connectivity index (χ1n) is 8.44. The van der Waals surface area contributed by atoms with Crippen LogP contribution in [0.1, 0.15) is 17.5 Å². The van der Waals surface area contributed by atoms with Crippen LogP contribution in [0.2, 0.25) is 10.0 Å². The topological polar surface area (TPSA) is 84.2 Å². The Hall–Kier alpha value is -2.87. The SMILES string of the molecule is CC(=O)Nc1ccc2nc(NC(=O)c3ccc(-c4cccc(Cl)c4Cl)o3)sc2c1. The molecule has 0 saturated heterocycles. The first-order valence-corrected chi connectivity index (χ1v) is 10.0. The molecule has 4 rings (SSSR count). The van der Waals surface area contributed by atoms with E-state index < -0.39 is 5.91 Å². The molecule has 0 aliphatic rings. The minimum absolute atomic E-state index is 0.120. The van der Waals surface area contributed by atoms with E-state index in [2.05, 4.69) is 15.6 Å². The molecular weight excluding hydrogens is 433 g/mol. The first kappa shape index (κ1) is 19.4. The monoisotopic (exact) mass is 445 g/mol. The lowest BCUT2D eigenvalue weighted by Crippen LogP contribution is -2.10. The second-order valence-corrected chi connectivity index (χ2v) is 7.92. The van der Waals surface area contributed by atoms with Gasteiger partial charge < -0.3 is 9.73 Å². The quantitative estimate of drug-likeness (QED) is 0.398. The van der Waals surface area contributed by atoms with Gasteiger partial charge in [0.05, 0.1) is 20.3 Å². The maximum Gasteiger partial charge on any atom is 0.293 e. The molecule has 6 nitrogen and oxygen atoms in total. The van der Waals surface area contributed by atoms with Crippen molar-refractivity contribution in [2.45, 2.75) is 6.92 Å². The number of carbonyl (C=O) groups is 2. The highest BCUT2D eigenvalue weighted by molar-refractivity contribution is 7.22. The van der Waals surface area contributed by atoms with Gasteiger partial charge >= 0.3 is 0 Å². The number of carbonyl (C=O) groups excluding carboxylic acids is 2. The number of aromatic nitrogens is 1. The van der Waals surface area contributed by atoms with Crippen molar-refractivity contribution in [1.29, 1.82) is 0 Å². The number of thiazole rings is 1. The summed E-state index contributed by atoms with van der Waals surface area (Å²) in [5.41, 5.74) is 1.98. The second kappa shape index (κ2) is 7.87. The van der Waals surface area contributed by atoms with E-state index >= 15 is 0 Å². The van der Waals surface area contributed by atoms with E-state index in [1.807, 2.05) is 0 Å². The molecule has 0 fully saturated rings. The Balaban J connectivity index is 1.54. The summed E-state index contributed by atoms with van der Waals surface area (Å²) in [5.74, 6) is -0.0347. The predicted molar refractivity (Wildman–Crippen MR) is 116 cm³/mol. The zero-order valence-electron chi connectivity index (χ0n) is 15.0. The summed E-state index contributed by atoms with van der Waals surface area (Å²) in [6, 6.07) is 13.7. The van der Waals surface area contributed by atoms with Gasteiger partial charge in [-0.1, -0.05) is 40.6 Å². The number of fused-ring (bicyclic) bond motifs is 1. The number of hydrogen-bond acceptors (Lipinski definition) is 5. The summed E-state index contributed by atoms with van der Waals surface area (Å²) >= 11 is 13.5. The third kappa shape index (κ3) is 4.12. The lowest BCUT2D eigenvalue weighted by Gasteiger charge is -2.02. The highest BCUT2D eigenvalue weighted by atomic mass is 35.5. The van der Waals surface area contributed by atoms with Crippen LogP contribution >= 0.6 is 34.5 Å². The molecule has 146 valence electrons. The number of amides is 2. The summed E-state index contributed by atoms with van der Waals surface area (Å²) in [4.78, 5) is 28.1. The summed E-state index contributed by atoms with van der Waals surface area (Å²) in [7, 11) is 0. The molecule has 2 amide bonds. The van der Waals surface area contributed by atoms with E-state index in [0.717, 1.165) is 4.70 Å². The minimum atomic E-state index is -0.435. The van der Waals surface area contributed by atoms with Gasteiger partial charge in [0, 0.05) is 18.2 Å². The molecule has 0 radical (unpaired) electrons. The molecule has 2 heterocycles. The Morgan fingerprint density at radius 2 is 1.90 bits per heavy atom. The average molecular weight is 446 g/mol. The molecule has 0 bridgehead atoms. The van der Waals surface area contributed by atoms with Crippen LogP contribution in [0.25, 0.3) is 21.5 Å². The van der Waals surface area contributed by atoms with Crippen molar-refractivity contribution in [3.63, 3.8) is 0 Å². The Morgan fingerprint density at radius 1 is 1.07 bits per heavy atom. The number of nitrogens with one attached hydrogen (secondary N) is 2. The Labute approximate surface area is 179 Å². The third-order valence-corrected chi connectivity index (χ3v) is 5.73. The van der Waals surface area contributed by atoms with Crippen LogP contribution in [0, 0.1) is 0 Å². The van der Waals surface area contributed by atoms with Gasteiger partial charge in [-0.15, -0.1) is 0 Å². The van der Waals surface area contributed by atoms with E-state index in [1.165, 1.54) is 18.3 Å². The Bertz CT molecular complexity index is 1250. The van der Waals surface area contributed by atoms with Gasteiger partial charge in [-0.25, -0.2) is 4.98 Å². The molecule has 29 heavy (non-hydrogen) atoms. The number of benzene rings is 2. The highest BCUT2D eigenvalue weighted by Gasteiger charge is 2.17. The van der Waals surface area contributed by atoms with Crippen molar-refractivity contribution >= 4 is 67.4 Å². The van der Waals surface area contributed by atoms with Crippen molar-refractivity contribution < 1.29 is 14.0 Å². The summed E-state index contributed by atoms with van der Waals surface area (Å²) in [6.07, 6.45) is 0. The Kier molecular flexibility index (Phi) is 5.27. The van der Waals surface area contributed by atoms with Crippen molar-refractivity contribution in [2.75, 3.05) is 10.6 Å². The van der Waals surface area contributed by atoms with Gasteiger partial charge in [-0.3, -0.25) is 14.9 Å². The molecule has 2 N–H and O–H groups in total. The van der Waals surface area contributed by atoms with Crippen LogP contribution < -0.4 is 10.6 Å². The summed E-state index contributed by atoms with van der Waals surface area (Å²) in [6.45, 7) is 1.44. The fourth-order valence-electron chi connectivity index (χ4n) is 2.72. The summed E-state index contributed by atoms with van der Waals surface area (Å²) in [5, 5.41) is 6.62. The van der Waals surface area contributed by atoms with Crippen LogP contribution in [0.5, 0.6) is 0 Å². The standard InChI is InChI=1S/C20H13Cl2N3O3S/c1-10(26)23-11-5-6-14-17(9-11)29-20(24-14)25-19(27)16-8-7-15(28-16)12-3-2-4-13(21)18(12)22/h2-9H,1H3,(H,23,26)(H,24,25,27). The molecule has 4 aromatic rings. The van der Waals surface area contributed by atoms with Crippen molar-refractivity contribution in [3.05, 3.63) is 64.3 Å². The predicted octanol–water partition coefficient (Wildman–Crippen LogP) is 6.07. The molecule has 0 aliphatic carbocycles. The molecule has 0 aliphatic heterocycles. The molecular formula is C20H13Cl2N3O3S. The van der Waals surface area contributed by atoms with Gasteiger partial charge in [-0.2, -0.15) is 0 Å². The first-order chi connectivity index (χ1) is 13.9. The van der Waals surface area contributed by atoms with E-state index in [4.69, 9.17) is 27.6 Å². The van der Waals surface area contributed by atoms with Crippen LogP contribution in [0.4, 0.5) is 10.8 Å². The molecule has 2 aromatic heterocycles. The normalized spacial score (nSPS) is 10.9. The van der Waals surface area contributed by atoms with Crippen LogP contribution in [-0.2, 0) is 4.79 Å².